The fourth-order valence-electron chi connectivity index (χ4n) is 2.99. The maximum atomic E-state index is 6.00. The fraction of sp³-hybridized carbons (Fsp3) is 0.765. The Hall–Kier alpha value is -1.32. The molecule has 0 saturated heterocycles. The van der Waals surface area contributed by atoms with Gasteiger partial charge in [0.2, 0.25) is 0 Å². The second-order valence-corrected chi connectivity index (χ2v) is 6.94. The molecule has 1 aromatic rings. The Morgan fingerprint density at radius 3 is 2.48 bits per heavy atom. The van der Waals surface area contributed by atoms with E-state index < -0.39 is 0 Å². The number of nitrogens with two attached hydrogens (primary N) is 1. The Balaban J connectivity index is 1.90. The zero-order chi connectivity index (χ0) is 15.4. The van der Waals surface area contributed by atoms with E-state index in [0.29, 0.717) is 11.7 Å². The van der Waals surface area contributed by atoms with Gasteiger partial charge in [-0.1, -0.05) is 46.5 Å². The maximum absolute atomic E-state index is 6.00. The van der Waals surface area contributed by atoms with Crippen LogP contribution >= 0.6 is 0 Å². The van der Waals surface area contributed by atoms with Crippen LogP contribution in [-0.4, -0.2) is 16.5 Å². The predicted octanol–water partition coefficient (Wildman–Crippen LogP) is 4.12. The number of rotatable bonds is 5. The Morgan fingerprint density at radius 1 is 1.19 bits per heavy atom. The van der Waals surface area contributed by atoms with Crippen LogP contribution in [0.4, 0.5) is 11.6 Å². The average Bonchev–Trinajstić information content (AvgIpc) is 2.45. The van der Waals surface area contributed by atoms with Gasteiger partial charge in [0.15, 0.2) is 0 Å². The van der Waals surface area contributed by atoms with Gasteiger partial charge in [0, 0.05) is 18.0 Å². The highest BCUT2D eigenvalue weighted by Crippen LogP contribution is 2.30. The first-order chi connectivity index (χ1) is 9.97. The molecule has 0 radical (unpaired) electrons. The number of hydrogen-bond acceptors (Lipinski definition) is 4. The average molecular weight is 290 g/mol. The highest BCUT2D eigenvalue weighted by Gasteiger charge is 2.18. The molecular formula is C17H30N4. The van der Waals surface area contributed by atoms with Gasteiger partial charge in [0.25, 0.3) is 0 Å². The lowest BCUT2D eigenvalue weighted by molar-refractivity contribution is 0.282. The first kappa shape index (κ1) is 16.1. The van der Waals surface area contributed by atoms with Crippen LogP contribution in [0.25, 0.3) is 0 Å². The molecule has 0 spiro atoms. The summed E-state index contributed by atoms with van der Waals surface area (Å²) in [6, 6.07) is 0. The van der Waals surface area contributed by atoms with Gasteiger partial charge in [-0.15, -0.1) is 0 Å². The molecule has 1 aliphatic rings. The Kier molecular flexibility index (Phi) is 5.43. The molecular weight excluding hydrogens is 260 g/mol. The zero-order valence-electron chi connectivity index (χ0n) is 13.9. The van der Waals surface area contributed by atoms with E-state index in [-0.39, 0.29) is 0 Å². The van der Waals surface area contributed by atoms with Gasteiger partial charge in [0.05, 0.1) is 0 Å². The quantitative estimate of drug-likeness (QED) is 0.856. The molecule has 0 atom stereocenters. The molecule has 2 rings (SSSR count). The SMILES string of the molecule is Cc1c(N)nc(C(C)C)nc1NCCC1CCC(C)CC1. The van der Waals surface area contributed by atoms with E-state index in [1.807, 2.05) is 6.92 Å². The van der Waals surface area contributed by atoms with E-state index in [9.17, 15) is 0 Å². The minimum absolute atomic E-state index is 0.299. The summed E-state index contributed by atoms with van der Waals surface area (Å²) in [6.45, 7) is 9.53. The van der Waals surface area contributed by atoms with E-state index in [1.165, 1.54) is 32.1 Å². The number of anilines is 2. The van der Waals surface area contributed by atoms with Crippen molar-refractivity contribution in [1.82, 2.24) is 9.97 Å². The van der Waals surface area contributed by atoms with E-state index in [0.717, 1.165) is 35.6 Å². The van der Waals surface area contributed by atoms with Crippen molar-refractivity contribution >= 4 is 11.6 Å². The summed E-state index contributed by atoms with van der Waals surface area (Å²) in [7, 11) is 0. The molecule has 4 nitrogen and oxygen atoms in total. The molecule has 1 saturated carbocycles. The molecule has 1 aromatic heterocycles. The standard InChI is InChI=1S/C17H30N4/c1-11(2)16-20-15(18)13(4)17(21-16)19-10-9-14-7-5-12(3)6-8-14/h11-12,14H,5-10H2,1-4H3,(H3,18,19,20,21). The highest BCUT2D eigenvalue weighted by atomic mass is 15.1. The van der Waals surface area contributed by atoms with Gasteiger partial charge in [-0.2, -0.15) is 0 Å². The second kappa shape index (κ2) is 7.10. The molecule has 1 fully saturated rings. The normalized spacial score (nSPS) is 22.5. The molecule has 1 heterocycles. The fourth-order valence-corrected chi connectivity index (χ4v) is 2.99. The van der Waals surface area contributed by atoms with Crippen LogP contribution < -0.4 is 11.1 Å². The summed E-state index contributed by atoms with van der Waals surface area (Å²) < 4.78 is 0. The minimum atomic E-state index is 0.299. The van der Waals surface area contributed by atoms with E-state index in [1.54, 1.807) is 0 Å². The van der Waals surface area contributed by atoms with Crippen molar-refractivity contribution in [2.24, 2.45) is 11.8 Å². The van der Waals surface area contributed by atoms with Crippen LogP contribution in [0, 0.1) is 18.8 Å². The van der Waals surface area contributed by atoms with Crippen LogP contribution in [-0.2, 0) is 0 Å². The lowest BCUT2D eigenvalue weighted by atomic mass is 9.81. The lowest BCUT2D eigenvalue weighted by Gasteiger charge is -2.26. The van der Waals surface area contributed by atoms with Crippen LogP contribution in [0.5, 0.6) is 0 Å². The summed E-state index contributed by atoms with van der Waals surface area (Å²) >= 11 is 0. The molecule has 0 bridgehead atoms. The van der Waals surface area contributed by atoms with E-state index in [4.69, 9.17) is 5.73 Å². The van der Waals surface area contributed by atoms with Crippen LogP contribution in [0.2, 0.25) is 0 Å². The van der Waals surface area contributed by atoms with Crippen molar-refractivity contribution < 1.29 is 0 Å². The largest absolute Gasteiger partial charge is 0.383 e. The maximum Gasteiger partial charge on any atom is 0.135 e. The van der Waals surface area contributed by atoms with Crippen LogP contribution in [0.15, 0.2) is 0 Å². The van der Waals surface area contributed by atoms with Crippen molar-refractivity contribution in [2.75, 3.05) is 17.6 Å². The highest BCUT2D eigenvalue weighted by molar-refractivity contribution is 5.54. The lowest BCUT2D eigenvalue weighted by Crippen LogP contribution is -2.17. The van der Waals surface area contributed by atoms with E-state index >= 15 is 0 Å². The van der Waals surface area contributed by atoms with Crippen molar-refractivity contribution in [1.29, 1.82) is 0 Å². The van der Waals surface area contributed by atoms with Gasteiger partial charge in [0.1, 0.15) is 17.5 Å². The smallest absolute Gasteiger partial charge is 0.135 e. The van der Waals surface area contributed by atoms with Crippen molar-refractivity contribution in [3.8, 4) is 0 Å². The van der Waals surface area contributed by atoms with E-state index in [2.05, 4.69) is 36.1 Å². The Labute approximate surface area is 128 Å². The van der Waals surface area contributed by atoms with Crippen LogP contribution in [0.3, 0.4) is 0 Å². The van der Waals surface area contributed by atoms with Crippen molar-refractivity contribution in [3.05, 3.63) is 11.4 Å². The van der Waals surface area contributed by atoms with Crippen molar-refractivity contribution in [2.45, 2.75) is 65.7 Å². The molecule has 0 unspecified atom stereocenters. The van der Waals surface area contributed by atoms with Gasteiger partial charge in [-0.3, -0.25) is 0 Å². The third-order valence-electron chi connectivity index (χ3n) is 4.70. The first-order valence-electron chi connectivity index (χ1n) is 8.35. The summed E-state index contributed by atoms with van der Waals surface area (Å²) in [5.41, 5.74) is 6.97. The monoisotopic (exact) mass is 290 g/mol. The Morgan fingerprint density at radius 2 is 1.86 bits per heavy atom. The molecule has 4 heteroatoms. The minimum Gasteiger partial charge on any atom is -0.383 e. The molecule has 21 heavy (non-hydrogen) atoms. The number of nitrogens with one attached hydrogen (secondary N) is 1. The van der Waals surface area contributed by atoms with Gasteiger partial charge in [-0.05, 0) is 25.2 Å². The summed E-state index contributed by atoms with van der Waals surface area (Å²) in [5, 5.41) is 3.48. The molecule has 1 aliphatic carbocycles. The van der Waals surface area contributed by atoms with Crippen molar-refractivity contribution in [3.63, 3.8) is 0 Å². The molecule has 0 aliphatic heterocycles. The third kappa shape index (κ3) is 4.32. The van der Waals surface area contributed by atoms with Gasteiger partial charge < -0.3 is 11.1 Å². The van der Waals surface area contributed by atoms with Gasteiger partial charge in [-0.25, -0.2) is 9.97 Å². The molecule has 3 N–H and O–H groups in total. The second-order valence-electron chi connectivity index (χ2n) is 6.94. The number of nitrogen functional groups attached to an aromatic ring is 1. The third-order valence-corrected chi connectivity index (χ3v) is 4.70. The summed E-state index contributed by atoms with van der Waals surface area (Å²) in [6.07, 6.45) is 6.77. The predicted molar refractivity (Wildman–Crippen MR) is 89.5 cm³/mol. The number of aromatic nitrogens is 2. The number of nitrogens with zero attached hydrogens (tertiary/aromatic N) is 2. The van der Waals surface area contributed by atoms with Gasteiger partial charge >= 0.3 is 0 Å². The first-order valence-corrected chi connectivity index (χ1v) is 8.35. The van der Waals surface area contributed by atoms with Crippen LogP contribution in [0.1, 0.15) is 70.2 Å². The Bertz CT molecular complexity index is 462. The summed E-state index contributed by atoms with van der Waals surface area (Å²) in [5.74, 6) is 4.43. The topological polar surface area (TPSA) is 63.8 Å². The molecule has 0 amide bonds. The zero-order valence-corrected chi connectivity index (χ0v) is 13.9. The number of hydrogen-bond donors (Lipinski definition) is 2. The molecule has 118 valence electrons. The summed E-state index contributed by atoms with van der Waals surface area (Å²) in [4.78, 5) is 8.99. The molecule has 0 aromatic carbocycles.